The molecule has 0 saturated heterocycles. The van der Waals surface area contributed by atoms with Crippen LogP contribution in [0.4, 0.5) is 5.69 Å². The van der Waals surface area contributed by atoms with E-state index in [1.165, 1.54) is 38.3 Å². The number of carbonyl (C=O) groups excluding carboxylic acids is 2. The molecule has 0 amide bonds. The van der Waals surface area contributed by atoms with Gasteiger partial charge in [0.15, 0.2) is 5.78 Å². The van der Waals surface area contributed by atoms with Crippen molar-refractivity contribution in [1.29, 1.82) is 0 Å². The zero-order valence-electron chi connectivity index (χ0n) is 12.0. The molecule has 0 aliphatic heterocycles. The van der Waals surface area contributed by atoms with Gasteiger partial charge in [-0.2, -0.15) is 0 Å². The van der Waals surface area contributed by atoms with Crippen LogP contribution in [0, 0.1) is 10.1 Å². The summed E-state index contributed by atoms with van der Waals surface area (Å²) in [4.78, 5) is 33.6. The molecule has 0 N–H and O–H groups in total. The third-order valence-corrected chi connectivity index (χ3v) is 2.92. The van der Waals surface area contributed by atoms with Gasteiger partial charge in [0.25, 0.3) is 5.69 Å². The number of Topliss-reactive ketones (excluding diaryl/α,β-unsaturated/α-hetero) is 1. The molecular weight excluding hydrogens is 314 g/mol. The van der Waals surface area contributed by atoms with Crippen LogP contribution in [0.3, 0.4) is 0 Å². The number of nitro benzene ring substituents is 1. The molecule has 0 heterocycles. The summed E-state index contributed by atoms with van der Waals surface area (Å²) in [5.41, 5.74) is -0.233. The van der Waals surface area contributed by atoms with Gasteiger partial charge in [-0.25, -0.2) is 4.79 Å². The Labute approximate surface area is 131 Å². The van der Waals surface area contributed by atoms with Crippen molar-refractivity contribution in [3.05, 3.63) is 44.5 Å². The van der Waals surface area contributed by atoms with Gasteiger partial charge in [0.05, 0.1) is 11.5 Å². The van der Waals surface area contributed by atoms with Crippen molar-refractivity contribution >= 4 is 35.1 Å². The molecule has 0 aliphatic rings. The van der Waals surface area contributed by atoms with Crippen LogP contribution in [-0.2, 0) is 19.1 Å². The van der Waals surface area contributed by atoms with E-state index in [4.69, 9.17) is 21.1 Å². The number of rotatable bonds is 7. The highest BCUT2D eigenvalue weighted by atomic mass is 35.5. The topological polar surface area (TPSA) is 95.7 Å². The van der Waals surface area contributed by atoms with Crippen molar-refractivity contribution < 1.29 is 24.0 Å². The molecule has 22 heavy (non-hydrogen) atoms. The lowest BCUT2D eigenvalue weighted by Crippen LogP contribution is -2.16. The fourth-order valence-corrected chi connectivity index (χ4v) is 1.71. The Balaban J connectivity index is 3.08. The van der Waals surface area contributed by atoms with Gasteiger partial charge in [-0.05, 0) is 24.6 Å². The van der Waals surface area contributed by atoms with Crippen LogP contribution >= 0.6 is 11.6 Å². The van der Waals surface area contributed by atoms with Crippen LogP contribution in [-0.4, -0.2) is 37.0 Å². The number of ether oxygens (including phenoxy) is 2. The summed E-state index contributed by atoms with van der Waals surface area (Å²) in [6.45, 7) is 1.40. The Morgan fingerprint density at radius 1 is 1.36 bits per heavy atom. The van der Waals surface area contributed by atoms with E-state index in [2.05, 4.69) is 0 Å². The third-order valence-electron chi connectivity index (χ3n) is 2.60. The van der Waals surface area contributed by atoms with Gasteiger partial charge in [0.1, 0.15) is 17.2 Å². The molecule has 0 unspecified atom stereocenters. The third kappa shape index (κ3) is 4.94. The number of ketones is 1. The molecule has 0 fully saturated rings. The van der Waals surface area contributed by atoms with Gasteiger partial charge in [-0.1, -0.05) is 17.7 Å². The van der Waals surface area contributed by atoms with Crippen molar-refractivity contribution in [2.75, 3.05) is 20.3 Å². The normalized spacial score (nSPS) is 11.1. The number of hydrogen-bond acceptors (Lipinski definition) is 6. The fourth-order valence-electron chi connectivity index (χ4n) is 1.53. The first-order valence-corrected chi connectivity index (χ1v) is 6.57. The van der Waals surface area contributed by atoms with Gasteiger partial charge < -0.3 is 9.47 Å². The number of nitrogens with zero attached hydrogens (tertiary/aromatic N) is 1. The van der Waals surface area contributed by atoms with E-state index in [0.717, 1.165) is 0 Å². The van der Waals surface area contributed by atoms with Gasteiger partial charge in [-0.15, -0.1) is 0 Å². The molecule has 7 nitrogen and oxygen atoms in total. The van der Waals surface area contributed by atoms with Crippen molar-refractivity contribution in [2.24, 2.45) is 0 Å². The van der Waals surface area contributed by atoms with Crippen LogP contribution in [0.25, 0.3) is 6.08 Å². The Hall–Kier alpha value is -2.25. The Bertz CT molecular complexity index is 626. The molecule has 1 aromatic carbocycles. The minimum absolute atomic E-state index is 0.000713. The summed E-state index contributed by atoms with van der Waals surface area (Å²) in [5.74, 6) is -1.33. The predicted molar refractivity (Wildman–Crippen MR) is 79.6 cm³/mol. The van der Waals surface area contributed by atoms with Gasteiger partial charge in [-0.3, -0.25) is 14.9 Å². The van der Waals surface area contributed by atoms with E-state index in [9.17, 15) is 19.7 Å². The number of hydrogen-bond donors (Lipinski definition) is 0. The minimum atomic E-state index is -0.817. The van der Waals surface area contributed by atoms with E-state index in [1.807, 2.05) is 0 Å². The van der Waals surface area contributed by atoms with E-state index in [1.54, 1.807) is 0 Å². The van der Waals surface area contributed by atoms with E-state index in [-0.39, 0.29) is 29.5 Å². The van der Waals surface area contributed by atoms with Crippen LogP contribution in [0.2, 0.25) is 5.02 Å². The molecule has 0 spiro atoms. The number of benzene rings is 1. The first kappa shape index (κ1) is 17.8. The van der Waals surface area contributed by atoms with Crippen LogP contribution in [0.1, 0.15) is 12.5 Å². The molecular formula is C14H14ClNO6. The molecule has 0 radical (unpaired) electrons. The largest absolute Gasteiger partial charge is 0.460 e. The van der Waals surface area contributed by atoms with Crippen LogP contribution in [0.5, 0.6) is 0 Å². The summed E-state index contributed by atoms with van der Waals surface area (Å²) < 4.78 is 9.60. The van der Waals surface area contributed by atoms with Gasteiger partial charge in [0.2, 0.25) is 0 Å². The van der Waals surface area contributed by atoms with Crippen LogP contribution in [0.15, 0.2) is 23.8 Å². The second kappa shape index (κ2) is 8.26. The summed E-state index contributed by atoms with van der Waals surface area (Å²) in [7, 11) is 1.45. The number of nitro groups is 1. The van der Waals surface area contributed by atoms with E-state index >= 15 is 0 Å². The molecule has 0 aliphatic carbocycles. The lowest BCUT2D eigenvalue weighted by atomic mass is 10.1. The average molecular weight is 328 g/mol. The fraction of sp³-hybridized carbons (Fsp3) is 0.286. The van der Waals surface area contributed by atoms with Crippen molar-refractivity contribution in [3.8, 4) is 0 Å². The lowest BCUT2D eigenvalue weighted by molar-refractivity contribution is -0.384. The van der Waals surface area contributed by atoms with Crippen molar-refractivity contribution in [3.63, 3.8) is 0 Å². The summed E-state index contributed by atoms with van der Waals surface area (Å²) >= 11 is 5.70. The average Bonchev–Trinajstić information content (AvgIpc) is 2.45. The smallest absolute Gasteiger partial charge is 0.341 e. The van der Waals surface area contributed by atoms with E-state index in [0.29, 0.717) is 5.56 Å². The maximum Gasteiger partial charge on any atom is 0.341 e. The molecule has 0 atom stereocenters. The highest BCUT2D eigenvalue weighted by Gasteiger charge is 2.18. The first-order chi connectivity index (χ1) is 10.4. The predicted octanol–water partition coefficient (Wildman–Crippen LogP) is 2.41. The number of esters is 1. The molecule has 0 saturated carbocycles. The Kier molecular flexibility index (Phi) is 6.68. The number of halogens is 1. The molecule has 0 aromatic heterocycles. The summed E-state index contributed by atoms with van der Waals surface area (Å²) in [6, 6.07) is 3.95. The van der Waals surface area contributed by atoms with Gasteiger partial charge in [0, 0.05) is 13.2 Å². The van der Waals surface area contributed by atoms with Gasteiger partial charge >= 0.3 is 5.97 Å². The molecule has 1 rings (SSSR count). The molecule has 8 heteroatoms. The minimum Gasteiger partial charge on any atom is -0.460 e. The molecule has 1 aromatic rings. The standard InChI is InChI=1S/C14H14ClNO6/c1-9(17)11(14(18)22-6-5-21-2)7-10-3-4-12(15)13(8-10)16(19)20/h3-4,7-8H,5-6H2,1-2H3/b11-7+. The maximum atomic E-state index is 11.8. The zero-order valence-corrected chi connectivity index (χ0v) is 12.8. The van der Waals surface area contributed by atoms with Crippen molar-refractivity contribution in [2.45, 2.75) is 6.92 Å². The highest BCUT2D eigenvalue weighted by Crippen LogP contribution is 2.26. The second-order valence-electron chi connectivity index (χ2n) is 4.21. The SMILES string of the molecule is COCCOC(=O)/C(=C/c1ccc(Cl)c([N+](=O)[O-])c1)C(C)=O. The Morgan fingerprint density at radius 2 is 2.05 bits per heavy atom. The molecule has 118 valence electrons. The highest BCUT2D eigenvalue weighted by molar-refractivity contribution is 6.32. The first-order valence-electron chi connectivity index (χ1n) is 6.19. The maximum absolute atomic E-state index is 11.8. The zero-order chi connectivity index (χ0) is 16.7. The summed E-state index contributed by atoms with van der Waals surface area (Å²) in [5, 5.41) is 10.8. The monoisotopic (exact) mass is 327 g/mol. The number of carbonyl (C=O) groups is 2. The number of methoxy groups -OCH3 is 1. The van der Waals surface area contributed by atoms with Crippen molar-refractivity contribution in [1.82, 2.24) is 0 Å². The summed E-state index contributed by atoms with van der Waals surface area (Å²) in [6.07, 6.45) is 1.22. The quantitative estimate of drug-likeness (QED) is 0.145. The Morgan fingerprint density at radius 3 is 2.59 bits per heavy atom. The second-order valence-corrected chi connectivity index (χ2v) is 4.62. The van der Waals surface area contributed by atoms with Crippen LogP contribution < -0.4 is 0 Å². The van der Waals surface area contributed by atoms with E-state index < -0.39 is 16.7 Å². The lowest BCUT2D eigenvalue weighted by Gasteiger charge is -2.06. The molecule has 0 bridgehead atoms.